The predicted molar refractivity (Wildman–Crippen MR) is 132 cm³/mol. The van der Waals surface area contributed by atoms with Crippen molar-refractivity contribution >= 4 is 40.0 Å². The number of nitrogens with zero attached hydrogens (tertiary/aromatic N) is 3. The van der Waals surface area contributed by atoms with Crippen molar-refractivity contribution in [2.75, 3.05) is 27.4 Å². The van der Waals surface area contributed by atoms with Crippen LogP contribution in [0.2, 0.25) is 10.0 Å². The fraction of sp³-hybridized carbons (Fsp3) is 0.320. The summed E-state index contributed by atoms with van der Waals surface area (Å²) in [6, 6.07) is 6.88. The number of benzene rings is 2. The van der Waals surface area contributed by atoms with Gasteiger partial charge < -0.3 is 14.4 Å². The second kappa shape index (κ2) is 10.2. The lowest BCUT2D eigenvalue weighted by Gasteiger charge is -2.20. The number of carbonyl (C=O) groups excluding carboxylic acids is 1. The van der Waals surface area contributed by atoms with E-state index in [1.165, 1.54) is 20.3 Å². The Morgan fingerprint density at radius 3 is 2.56 bits per heavy atom. The van der Waals surface area contributed by atoms with Gasteiger partial charge in [0.05, 0.1) is 35.8 Å². The molecule has 1 aliphatic rings. The number of likely N-dealkylation sites (tertiary alicyclic amines) is 1. The highest BCUT2D eigenvalue weighted by atomic mass is 35.5. The summed E-state index contributed by atoms with van der Waals surface area (Å²) in [5.74, 6) is 1.40. The van der Waals surface area contributed by atoms with E-state index in [-0.39, 0.29) is 11.8 Å². The van der Waals surface area contributed by atoms with Gasteiger partial charge in [0.2, 0.25) is 5.91 Å². The smallest absolute Gasteiger partial charge is 0.246 e. The molecule has 4 rings (SSSR count). The van der Waals surface area contributed by atoms with E-state index in [1.54, 1.807) is 17.2 Å². The van der Waals surface area contributed by atoms with Crippen LogP contribution in [0.25, 0.3) is 22.0 Å². The molecule has 3 aromatic rings. The van der Waals surface area contributed by atoms with Crippen molar-refractivity contribution in [2.24, 2.45) is 5.92 Å². The van der Waals surface area contributed by atoms with E-state index in [2.05, 4.69) is 16.5 Å². The second-order valence-electron chi connectivity index (χ2n) is 8.15. The molecule has 1 aromatic heterocycles. The highest BCUT2D eigenvalue weighted by molar-refractivity contribution is 6.41. The summed E-state index contributed by atoms with van der Waals surface area (Å²) >= 11 is 13.1. The second-order valence-corrected chi connectivity index (χ2v) is 8.91. The SMILES string of the molecule is C=CC(=O)N1C[C@@H](Cc2ncc3cc(-c4c(Cl)c(OC)cc(OC)c4Cl)ccc3n2)C[C@H]1CF. The van der Waals surface area contributed by atoms with Gasteiger partial charge in [-0.25, -0.2) is 14.4 Å². The maximum Gasteiger partial charge on any atom is 0.246 e. The van der Waals surface area contributed by atoms with E-state index in [1.807, 2.05) is 18.2 Å². The first kappa shape index (κ1) is 24.2. The monoisotopic (exact) mass is 503 g/mol. The third kappa shape index (κ3) is 4.55. The van der Waals surface area contributed by atoms with Crippen LogP contribution in [0.15, 0.2) is 43.1 Å². The molecule has 0 radical (unpaired) electrons. The van der Waals surface area contributed by atoms with E-state index in [0.717, 1.165) is 16.5 Å². The highest BCUT2D eigenvalue weighted by Gasteiger charge is 2.34. The van der Waals surface area contributed by atoms with Gasteiger partial charge >= 0.3 is 0 Å². The lowest BCUT2D eigenvalue weighted by atomic mass is 10.0. The van der Waals surface area contributed by atoms with Crippen molar-refractivity contribution in [1.29, 1.82) is 0 Å². The summed E-state index contributed by atoms with van der Waals surface area (Å²) in [6.45, 7) is 3.40. The zero-order valence-corrected chi connectivity index (χ0v) is 20.4. The van der Waals surface area contributed by atoms with Crippen LogP contribution in [-0.2, 0) is 11.2 Å². The number of aromatic nitrogens is 2. The van der Waals surface area contributed by atoms with E-state index < -0.39 is 12.7 Å². The Balaban J connectivity index is 1.62. The number of methoxy groups -OCH3 is 2. The van der Waals surface area contributed by atoms with Gasteiger partial charge in [0, 0.05) is 36.2 Å². The van der Waals surface area contributed by atoms with Gasteiger partial charge in [0.25, 0.3) is 0 Å². The number of halogens is 3. The van der Waals surface area contributed by atoms with Gasteiger partial charge in [-0.1, -0.05) is 35.8 Å². The summed E-state index contributed by atoms with van der Waals surface area (Å²) in [7, 11) is 3.06. The predicted octanol–water partition coefficient (Wildman–Crippen LogP) is 5.54. The molecule has 9 heteroatoms. The minimum Gasteiger partial charge on any atom is -0.495 e. The van der Waals surface area contributed by atoms with Crippen LogP contribution in [0.1, 0.15) is 12.2 Å². The number of ether oxygens (including phenoxy) is 2. The molecule has 2 atom stereocenters. The van der Waals surface area contributed by atoms with E-state index in [0.29, 0.717) is 52.3 Å². The molecule has 1 aliphatic heterocycles. The molecule has 1 saturated heterocycles. The van der Waals surface area contributed by atoms with Crippen LogP contribution in [-0.4, -0.2) is 54.3 Å². The maximum atomic E-state index is 13.4. The summed E-state index contributed by atoms with van der Waals surface area (Å²) < 4.78 is 24.1. The number of hydrogen-bond donors (Lipinski definition) is 0. The van der Waals surface area contributed by atoms with Gasteiger partial charge in [-0.05, 0) is 36.1 Å². The number of fused-ring (bicyclic) bond motifs is 1. The maximum absolute atomic E-state index is 13.4. The Labute approximate surface area is 207 Å². The third-order valence-corrected chi connectivity index (χ3v) is 6.85. The number of carbonyl (C=O) groups is 1. The molecule has 0 spiro atoms. The third-order valence-electron chi connectivity index (χ3n) is 6.10. The Bertz CT molecular complexity index is 1230. The summed E-state index contributed by atoms with van der Waals surface area (Å²) in [4.78, 5) is 22.7. The van der Waals surface area contributed by atoms with Crippen LogP contribution in [0.3, 0.4) is 0 Å². The van der Waals surface area contributed by atoms with Crippen LogP contribution >= 0.6 is 23.2 Å². The molecule has 6 nitrogen and oxygen atoms in total. The van der Waals surface area contributed by atoms with Crippen LogP contribution < -0.4 is 9.47 Å². The van der Waals surface area contributed by atoms with Crippen molar-refractivity contribution in [3.05, 3.63) is 59.0 Å². The fourth-order valence-electron chi connectivity index (χ4n) is 4.42. The lowest BCUT2D eigenvalue weighted by Crippen LogP contribution is -2.35. The molecular weight excluding hydrogens is 480 g/mol. The van der Waals surface area contributed by atoms with Crippen LogP contribution in [0.4, 0.5) is 4.39 Å². The molecule has 0 saturated carbocycles. The topological polar surface area (TPSA) is 64.6 Å². The Hall–Kier alpha value is -2.90. The first-order chi connectivity index (χ1) is 16.4. The average Bonchev–Trinajstić information content (AvgIpc) is 3.26. The molecule has 1 fully saturated rings. The number of alkyl halides is 1. The van der Waals surface area contributed by atoms with Crippen LogP contribution in [0, 0.1) is 5.92 Å². The average molecular weight is 504 g/mol. The van der Waals surface area contributed by atoms with Gasteiger partial charge in [-0.2, -0.15) is 0 Å². The minimum absolute atomic E-state index is 0.0863. The summed E-state index contributed by atoms with van der Waals surface area (Å²) in [5, 5.41) is 1.58. The molecule has 2 aromatic carbocycles. The largest absolute Gasteiger partial charge is 0.495 e. The Kier molecular flexibility index (Phi) is 7.24. The molecule has 2 heterocycles. The quantitative estimate of drug-likeness (QED) is 0.396. The zero-order chi connectivity index (χ0) is 24.4. The van der Waals surface area contributed by atoms with Gasteiger partial charge in [-0.3, -0.25) is 4.79 Å². The van der Waals surface area contributed by atoms with Crippen molar-refractivity contribution in [3.8, 4) is 22.6 Å². The van der Waals surface area contributed by atoms with Crippen molar-refractivity contribution in [2.45, 2.75) is 18.9 Å². The van der Waals surface area contributed by atoms with Crippen molar-refractivity contribution in [3.63, 3.8) is 0 Å². The van der Waals surface area contributed by atoms with Crippen molar-refractivity contribution < 1.29 is 18.7 Å². The molecule has 178 valence electrons. The Morgan fingerprint density at radius 1 is 1.24 bits per heavy atom. The summed E-state index contributed by atoms with van der Waals surface area (Å²) in [5.41, 5.74) is 2.13. The first-order valence-corrected chi connectivity index (χ1v) is 11.5. The fourth-order valence-corrected chi connectivity index (χ4v) is 5.14. The molecule has 34 heavy (non-hydrogen) atoms. The number of hydrogen-bond acceptors (Lipinski definition) is 5. The van der Waals surface area contributed by atoms with E-state index >= 15 is 0 Å². The van der Waals surface area contributed by atoms with Gasteiger partial charge in [-0.15, -0.1) is 0 Å². The molecule has 0 N–H and O–H groups in total. The molecule has 0 aliphatic carbocycles. The van der Waals surface area contributed by atoms with Gasteiger partial charge in [0.1, 0.15) is 24.0 Å². The normalized spacial score (nSPS) is 17.7. The molecule has 0 unspecified atom stereocenters. The number of rotatable bonds is 7. The zero-order valence-electron chi connectivity index (χ0n) is 18.9. The number of amides is 1. The van der Waals surface area contributed by atoms with Crippen molar-refractivity contribution in [1.82, 2.24) is 14.9 Å². The lowest BCUT2D eigenvalue weighted by molar-refractivity contribution is -0.127. The first-order valence-electron chi connectivity index (χ1n) is 10.7. The van der Waals surface area contributed by atoms with E-state index in [4.69, 9.17) is 32.7 Å². The highest BCUT2D eigenvalue weighted by Crippen LogP contribution is 2.46. The van der Waals surface area contributed by atoms with Crippen LogP contribution in [0.5, 0.6) is 11.5 Å². The summed E-state index contributed by atoms with van der Waals surface area (Å²) in [6.07, 6.45) is 4.10. The molecule has 1 amide bonds. The Morgan fingerprint density at radius 2 is 1.94 bits per heavy atom. The molecule has 0 bridgehead atoms. The minimum atomic E-state index is -0.572. The van der Waals surface area contributed by atoms with Gasteiger partial charge in [0.15, 0.2) is 0 Å². The standard InChI is InChI=1S/C25H24Cl2FN3O3/c1-4-22(32)31-13-14(7-17(31)11-28)8-21-29-12-16-9-15(5-6-18(16)30-21)23-24(26)19(33-2)10-20(34-3)25(23)27/h4-6,9-10,12,14,17H,1,7-8,11,13H2,2-3H3/t14-,17+/m1/s1. The molecular formula is C25H24Cl2FN3O3. The van der Waals surface area contributed by atoms with E-state index in [9.17, 15) is 9.18 Å².